The lowest BCUT2D eigenvalue weighted by Crippen LogP contribution is -2.29. The molecule has 146 valence electrons. The van der Waals surface area contributed by atoms with Crippen LogP contribution in [0.25, 0.3) is 10.4 Å². The fourth-order valence-corrected chi connectivity index (χ4v) is 4.48. The van der Waals surface area contributed by atoms with Crippen LogP contribution in [0.15, 0.2) is 42.7 Å². The van der Waals surface area contributed by atoms with E-state index in [9.17, 15) is 4.39 Å². The fourth-order valence-electron chi connectivity index (χ4n) is 3.42. The van der Waals surface area contributed by atoms with Crippen LogP contribution >= 0.6 is 11.3 Å². The van der Waals surface area contributed by atoms with E-state index in [2.05, 4.69) is 27.2 Å². The van der Waals surface area contributed by atoms with Gasteiger partial charge in [0.05, 0.1) is 15.6 Å². The maximum absolute atomic E-state index is 13.1. The average Bonchev–Trinajstić information content (AvgIpc) is 3.19. The number of nitrogens with one attached hydrogen (secondary N) is 1. The van der Waals surface area contributed by atoms with Crippen molar-refractivity contribution in [2.24, 2.45) is 0 Å². The predicted molar refractivity (Wildman–Crippen MR) is 113 cm³/mol. The van der Waals surface area contributed by atoms with E-state index >= 15 is 0 Å². The summed E-state index contributed by atoms with van der Waals surface area (Å²) < 4.78 is 13.1. The van der Waals surface area contributed by atoms with Crippen molar-refractivity contribution in [3.8, 4) is 10.4 Å². The van der Waals surface area contributed by atoms with Crippen LogP contribution in [0.1, 0.15) is 29.3 Å². The van der Waals surface area contributed by atoms with E-state index in [-0.39, 0.29) is 5.82 Å². The SMILES string of the molecule is CN1CCC(c2ncc(-c3cnc(N)c(NCc4ccc(F)cc4)c3)s2)CC1. The van der Waals surface area contributed by atoms with Crippen molar-refractivity contribution >= 4 is 22.8 Å². The lowest BCUT2D eigenvalue weighted by molar-refractivity contribution is 0.255. The minimum absolute atomic E-state index is 0.238. The molecule has 1 aromatic carbocycles. The van der Waals surface area contributed by atoms with Gasteiger partial charge in [-0.2, -0.15) is 0 Å². The first-order valence-electron chi connectivity index (χ1n) is 9.47. The number of pyridine rings is 1. The molecule has 5 nitrogen and oxygen atoms in total. The molecule has 0 unspecified atom stereocenters. The van der Waals surface area contributed by atoms with E-state index in [0.717, 1.165) is 47.6 Å². The molecule has 0 saturated carbocycles. The Labute approximate surface area is 168 Å². The number of nitrogen functional groups attached to an aromatic ring is 1. The first-order valence-corrected chi connectivity index (χ1v) is 10.3. The molecule has 0 atom stereocenters. The van der Waals surface area contributed by atoms with Crippen LogP contribution in [0.3, 0.4) is 0 Å². The van der Waals surface area contributed by atoms with Crippen molar-refractivity contribution in [1.82, 2.24) is 14.9 Å². The molecule has 4 rings (SSSR count). The number of rotatable bonds is 5. The van der Waals surface area contributed by atoms with E-state index in [4.69, 9.17) is 5.73 Å². The van der Waals surface area contributed by atoms with Gasteiger partial charge in [0, 0.05) is 30.4 Å². The van der Waals surface area contributed by atoms with Gasteiger partial charge < -0.3 is 16.0 Å². The summed E-state index contributed by atoms with van der Waals surface area (Å²) in [7, 11) is 2.17. The number of likely N-dealkylation sites (tertiary alicyclic amines) is 1. The largest absolute Gasteiger partial charge is 0.382 e. The Morgan fingerprint density at radius 3 is 2.68 bits per heavy atom. The third-order valence-electron chi connectivity index (χ3n) is 5.19. The number of hydrogen-bond acceptors (Lipinski definition) is 6. The molecule has 7 heteroatoms. The number of hydrogen-bond donors (Lipinski definition) is 2. The molecule has 28 heavy (non-hydrogen) atoms. The van der Waals surface area contributed by atoms with Crippen molar-refractivity contribution < 1.29 is 4.39 Å². The van der Waals surface area contributed by atoms with Crippen LogP contribution in [0.2, 0.25) is 0 Å². The summed E-state index contributed by atoms with van der Waals surface area (Å²) in [6.07, 6.45) is 6.06. The second-order valence-electron chi connectivity index (χ2n) is 7.28. The molecule has 1 aliphatic heterocycles. The third kappa shape index (κ3) is 4.31. The summed E-state index contributed by atoms with van der Waals surface area (Å²) in [5.41, 5.74) is 8.80. The molecule has 0 amide bonds. The van der Waals surface area contributed by atoms with Crippen molar-refractivity contribution in [2.45, 2.75) is 25.3 Å². The first kappa shape index (κ1) is 18.8. The van der Waals surface area contributed by atoms with E-state index in [1.165, 1.54) is 17.1 Å². The number of benzene rings is 1. The van der Waals surface area contributed by atoms with Gasteiger partial charge in [0.2, 0.25) is 0 Å². The fraction of sp³-hybridized carbons (Fsp3) is 0.333. The van der Waals surface area contributed by atoms with Gasteiger partial charge in [-0.1, -0.05) is 12.1 Å². The zero-order chi connectivity index (χ0) is 19.5. The number of halogens is 1. The lowest BCUT2D eigenvalue weighted by atomic mass is 9.98. The van der Waals surface area contributed by atoms with Crippen LogP contribution in [0.4, 0.5) is 15.9 Å². The minimum atomic E-state index is -0.238. The van der Waals surface area contributed by atoms with Gasteiger partial charge in [0.25, 0.3) is 0 Å². The zero-order valence-electron chi connectivity index (χ0n) is 15.9. The number of piperidine rings is 1. The molecule has 0 bridgehead atoms. The van der Waals surface area contributed by atoms with Crippen LogP contribution in [0.5, 0.6) is 0 Å². The van der Waals surface area contributed by atoms with Crippen molar-refractivity contribution in [3.63, 3.8) is 0 Å². The van der Waals surface area contributed by atoms with Crippen molar-refractivity contribution in [3.05, 3.63) is 59.1 Å². The number of anilines is 2. The Balaban J connectivity index is 1.48. The molecule has 3 N–H and O–H groups in total. The van der Waals surface area contributed by atoms with Crippen LogP contribution in [0, 0.1) is 5.82 Å². The van der Waals surface area contributed by atoms with E-state index in [1.807, 2.05) is 12.3 Å². The highest BCUT2D eigenvalue weighted by atomic mass is 32.1. The van der Waals surface area contributed by atoms with Crippen LogP contribution in [-0.2, 0) is 6.54 Å². The molecule has 0 aliphatic carbocycles. The van der Waals surface area contributed by atoms with Crippen LogP contribution < -0.4 is 11.1 Å². The zero-order valence-corrected chi connectivity index (χ0v) is 16.7. The van der Waals surface area contributed by atoms with Gasteiger partial charge in [-0.15, -0.1) is 11.3 Å². The van der Waals surface area contributed by atoms with Gasteiger partial charge in [-0.05, 0) is 56.7 Å². The lowest BCUT2D eigenvalue weighted by Gasteiger charge is -2.27. The second kappa shape index (κ2) is 8.24. The Hall–Kier alpha value is -2.51. The minimum Gasteiger partial charge on any atom is -0.382 e. The maximum Gasteiger partial charge on any atom is 0.146 e. The molecule has 3 heterocycles. The topological polar surface area (TPSA) is 67.1 Å². The van der Waals surface area contributed by atoms with E-state index in [1.54, 1.807) is 29.7 Å². The molecular weight excluding hydrogens is 373 g/mol. The Morgan fingerprint density at radius 2 is 1.93 bits per heavy atom. The normalized spacial score (nSPS) is 15.6. The summed E-state index contributed by atoms with van der Waals surface area (Å²) in [5.74, 6) is 0.760. The quantitative estimate of drug-likeness (QED) is 0.670. The number of thiazole rings is 1. The van der Waals surface area contributed by atoms with Gasteiger partial charge in [0.1, 0.15) is 11.6 Å². The van der Waals surface area contributed by atoms with Crippen molar-refractivity contribution in [2.75, 3.05) is 31.2 Å². The third-order valence-corrected chi connectivity index (χ3v) is 6.40. The van der Waals surface area contributed by atoms with Gasteiger partial charge >= 0.3 is 0 Å². The maximum atomic E-state index is 13.1. The number of aromatic nitrogens is 2. The standard InChI is InChI=1S/C21H24FN5S/c1-27-8-6-15(7-9-27)21-26-13-19(28-21)16-10-18(20(23)25-12-16)24-11-14-2-4-17(22)5-3-14/h2-5,10,12-13,15,24H,6-9,11H2,1H3,(H2,23,25). The first-order chi connectivity index (χ1) is 13.6. The molecular formula is C21H24FN5S. The molecule has 1 aliphatic rings. The Morgan fingerprint density at radius 1 is 1.18 bits per heavy atom. The monoisotopic (exact) mass is 397 g/mol. The number of nitrogens with zero attached hydrogens (tertiary/aromatic N) is 3. The van der Waals surface area contributed by atoms with Crippen molar-refractivity contribution in [1.29, 1.82) is 0 Å². The molecule has 2 aromatic heterocycles. The Bertz CT molecular complexity index is 932. The van der Waals surface area contributed by atoms with Gasteiger partial charge in [-0.25, -0.2) is 14.4 Å². The summed E-state index contributed by atoms with van der Waals surface area (Å²) in [6.45, 7) is 2.81. The van der Waals surface area contributed by atoms with E-state index < -0.39 is 0 Å². The summed E-state index contributed by atoms with van der Waals surface area (Å²) >= 11 is 1.74. The number of nitrogens with two attached hydrogens (primary N) is 1. The highest BCUT2D eigenvalue weighted by Crippen LogP contribution is 2.35. The van der Waals surface area contributed by atoms with E-state index in [0.29, 0.717) is 18.3 Å². The molecule has 0 radical (unpaired) electrons. The smallest absolute Gasteiger partial charge is 0.146 e. The van der Waals surface area contributed by atoms with Crippen LogP contribution in [-0.4, -0.2) is 35.0 Å². The predicted octanol–water partition coefficient (Wildman–Crippen LogP) is 4.35. The second-order valence-corrected chi connectivity index (χ2v) is 8.34. The molecule has 1 fully saturated rings. The summed E-state index contributed by atoms with van der Waals surface area (Å²) in [6, 6.07) is 8.44. The molecule has 1 saturated heterocycles. The molecule has 0 spiro atoms. The van der Waals surface area contributed by atoms with Gasteiger partial charge in [-0.3, -0.25) is 0 Å². The summed E-state index contributed by atoms with van der Waals surface area (Å²) in [4.78, 5) is 12.5. The highest BCUT2D eigenvalue weighted by molar-refractivity contribution is 7.15. The highest BCUT2D eigenvalue weighted by Gasteiger charge is 2.21. The Kier molecular flexibility index (Phi) is 5.54. The summed E-state index contributed by atoms with van der Waals surface area (Å²) in [5, 5.41) is 4.51. The van der Waals surface area contributed by atoms with Gasteiger partial charge in [0.15, 0.2) is 0 Å². The molecule has 3 aromatic rings. The average molecular weight is 398 g/mol.